The lowest BCUT2D eigenvalue weighted by molar-refractivity contribution is -0.384. The highest BCUT2D eigenvalue weighted by atomic mass is 32.2. The predicted octanol–water partition coefficient (Wildman–Crippen LogP) is 3.36. The van der Waals surface area contributed by atoms with Crippen LogP contribution in [0.5, 0.6) is 0 Å². The summed E-state index contributed by atoms with van der Waals surface area (Å²) >= 11 is 1.27. The first-order valence-electron chi connectivity index (χ1n) is 8.51. The lowest BCUT2D eigenvalue weighted by atomic mass is 9.98. The molecule has 0 saturated heterocycles. The molecular formula is C17H20N4O4S. The van der Waals surface area contributed by atoms with Crippen LogP contribution < -0.4 is 0 Å². The maximum atomic E-state index is 12.0. The van der Waals surface area contributed by atoms with Crippen LogP contribution >= 0.6 is 11.8 Å². The van der Waals surface area contributed by atoms with Crippen molar-refractivity contribution >= 4 is 23.4 Å². The van der Waals surface area contributed by atoms with E-state index >= 15 is 0 Å². The van der Waals surface area contributed by atoms with E-state index in [4.69, 9.17) is 4.74 Å². The largest absolute Gasteiger partial charge is 0.462 e. The Morgan fingerprint density at radius 2 is 1.96 bits per heavy atom. The zero-order valence-corrected chi connectivity index (χ0v) is 15.3. The highest BCUT2D eigenvalue weighted by molar-refractivity contribution is 7.99. The lowest BCUT2D eigenvalue weighted by Gasteiger charge is -2.21. The minimum Gasteiger partial charge on any atom is -0.462 e. The average Bonchev–Trinajstić information content (AvgIpc) is 3.01. The summed E-state index contributed by atoms with van der Waals surface area (Å²) in [6.45, 7) is 0. The molecule has 0 radical (unpaired) electrons. The summed E-state index contributed by atoms with van der Waals surface area (Å²) in [6, 6.07) is 6.12. The van der Waals surface area contributed by atoms with E-state index in [1.54, 1.807) is 23.7 Å². The molecule has 1 fully saturated rings. The van der Waals surface area contributed by atoms with E-state index in [0.717, 1.165) is 31.2 Å². The standard InChI is InChI=1S/C17H20N4O4S/c1-20-16(12-7-9-13(10-8-12)21(23)24)18-19-17(20)26-11-15(22)25-14-5-3-2-4-6-14/h7-10,14H,2-6,11H2,1H3. The first-order chi connectivity index (χ1) is 12.5. The van der Waals surface area contributed by atoms with E-state index in [0.29, 0.717) is 11.0 Å². The molecule has 26 heavy (non-hydrogen) atoms. The SMILES string of the molecule is Cn1c(SCC(=O)OC2CCCCC2)nnc1-c1ccc([N+](=O)[O-])cc1. The molecule has 8 nitrogen and oxygen atoms in total. The Kier molecular flexibility index (Phi) is 5.87. The maximum Gasteiger partial charge on any atom is 0.316 e. The molecular weight excluding hydrogens is 356 g/mol. The zero-order chi connectivity index (χ0) is 18.5. The number of hydrogen-bond donors (Lipinski definition) is 0. The Bertz CT molecular complexity index is 785. The van der Waals surface area contributed by atoms with Gasteiger partial charge in [0, 0.05) is 24.7 Å². The Labute approximate surface area is 155 Å². The normalized spacial score (nSPS) is 15.0. The predicted molar refractivity (Wildman–Crippen MR) is 96.8 cm³/mol. The van der Waals surface area contributed by atoms with Crippen LogP contribution in [-0.2, 0) is 16.6 Å². The number of nitrogens with zero attached hydrogens (tertiary/aromatic N) is 4. The average molecular weight is 376 g/mol. The van der Waals surface area contributed by atoms with Gasteiger partial charge in [0.2, 0.25) is 0 Å². The van der Waals surface area contributed by atoms with Crippen LogP contribution in [-0.4, -0.2) is 37.5 Å². The molecule has 1 saturated carbocycles. The van der Waals surface area contributed by atoms with Crippen molar-refractivity contribution < 1.29 is 14.5 Å². The second kappa shape index (κ2) is 8.31. The van der Waals surface area contributed by atoms with E-state index in [1.807, 2.05) is 0 Å². The zero-order valence-electron chi connectivity index (χ0n) is 14.5. The van der Waals surface area contributed by atoms with E-state index in [-0.39, 0.29) is 23.5 Å². The van der Waals surface area contributed by atoms with Crippen LogP contribution in [0.15, 0.2) is 29.4 Å². The number of esters is 1. The van der Waals surface area contributed by atoms with E-state index in [2.05, 4.69) is 10.2 Å². The number of non-ortho nitro benzene ring substituents is 1. The number of thioether (sulfide) groups is 1. The molecule has 0 atom stereocenters. The van der Waals surface area contributed by atoms with Crippen molar-refractivity contribution in [3.05, 3.63) is 34.4 Å². The molecule has 0 amide bonds. The first-order valence-corrected chi connectivity index (χ1v) is 9.49. The molecule has 9 heteroatoms. The number of hydrogen-bond acceptors (Lipinski definition) is 7. The Balaban J connectivity index is 1.59. The van der Waals surface area contributed by atoms with Crippen molar-refractivity contribution in [2.75, 3.05) is 5.75 Å². The van der Waals surface area contributed by atoms with Gasteiger partial charge in [-0.25, -0.2) is 0 Å². The van der Waals surface area contributed by atoms with Crippen LogP contribution in [0.3, 0.4) is 0 Å². The van der Waals surface area contributed by atoms with Crippen molar-refractivity contribution in [1.82, 2.24) is 14.8 Å². The number of aromatic nitrogens is 3. The summed E-state index contributed by atoms with van der Waals surface area (Å²) in [7, 11) is 1.80. The first kappa shape index (κ1) is 18.4. The third-order valence-electron chi connectivity index (χ3n) is 4.34. The number of ether oxygens (including phenoxy) is 1. The van der Waals surface area contributed by atoms with Crippen LogP contribution in [0.1, 0.15) is 32.1 Å². The molecule has 1 aliphatic rings. The van der Waals surface area contributed by atoms with E-state index in [1.165, 1.54) is 30.3 Å². The smallest absolute Gasteiger partial charge is 0.316 e. The summed E-state index contributed by atoms with van der Waals surface area (Å²) < 4.78 is 7.26. The van der Waals surface area contributed by atoms with Gasteiger partial charge < -0.3 is 9.30 Å². The molecule has 0 aliphatic heterocycles. The quantitative estimate of drug-likeness (QED) is 0.330. The van der Waals surface area contributed by atoms with Crippen LogP contribution in [0.2, 0.25) is 0 Å². The molecule has 1 aliphatic carbocycles. The number of carbonyl (C=O) groups excluding carboxylic acids is 1. The van der Waals surface area contributed by atoms with Gasteiger partial charge >= 0.3 is 5.97 Å². The highest BCUT2D eigenvalue weighted by Gasteiger charge is 2.19. The third-order valence-corrected chi connectivity index (χ3v) is 5.33. The van der Waals surface area contributed by atoms with Gasteiger partial charge in [-0.1, -0.05) is 18.2 Å². The molecule has 1 aromatic heterocycles. The van der Waals surface area contributed by atoms with Gasteiger partial charge in [0.15, 0.2) is 11.0 Å². The van der Waals surface area contributed by atoms with Gasteiger partial charge in [-0.3, -0.25) is 14.9 Å². The summed E-state index contributed by atoms with van der Waals surface area (Å²) in [5.74, 6) is 0.535. The highest BCUT2D eigenvalue weighted by Crippen LogP contribution is 2.25. The summed E-state index contributed by atoms with van der Waals surface area (Å²) in [4.78, 5) is 22.3. The van der Waals surface area contributed by atoms with Crippen molar-refractivity contribution in [2.24, 2.45) is 7.05 Å². The molecule has 138 valence electrons. The molecule has 2 aromatic rings. The number of nitro groups is 1. The van der Waals surface area contributed by atoms with E-state index < -0.39 is 4.92 Å². The minimum absolute atomic E-state index is 0.0241. The molecule has 0 N–H and O–H groups in total. The lowest BCUT2D eigenvalue weighted by Crippen LogP contribution is -2.22. The molecule has 1 heterocycles. The Morgan fingerprint density at radius 1 is 1.27 bits per heavy atom. The van der Waals surface area contributed by atoms with Gasteiger partial charge in [-0.15, -0.1) is 10.2 Å². The van der Waals surface area contributed by atoms with Gasteiger partial charge in [0.05, 0.1) is 10.7 Å². The Morgan fingerprint density at radius 3 is 2.62 bits per heavy atom. The molecule has 1 aromatic carbocycles. The van der Waals surface area contributed by atoms with Gasteiger partial charge in [0.25, 0.3) is 5.69 Å². The number of nitro benzene ring substituents is 1. The van der Waals surface area contributed by atoms with Gasteiger partial charge in [-0.2, -0.15) is 0 Å². The maximum absolute atomic E-state index is 12.0. The second-order valence-electron chi connectivity index (χ2n) is 6.21. The van der Waals surface area contributed by atoms with Crippen LogP contribution in [0, 0.1) is 10.1 Å². The van der Waals surface area contributed by atoms with Crippen LogP contribution in [0.25, 0.3) is 11.4 Å². The van der Waals surface area contributed by atoms with Gasteiger partial charge in [0.1, 0.15) is 6.10 Å². The fourth-order valence-electron chi connectivity index (χ4n) is 2.95. The fourth-order valence-corrected chi connectivity index (χ4v) is 3.64. The summed E-state index contributed by atoms with van der Waals surface area (Å²) in [6.07, 6.45) is 5.40. The number of benzene rings is 1. The Hall–Kier alpha value is -2.42. The molecule has 0 spiro atoms. The van der Waals surface area contributed by atoms with Crippen LogP contribution in [0.4, 0.5) is 5.69 Å². The third kappa shape index (κ3) is 4.40. The monoisotopic (exact) mass is 376 g/mol. The molecule has 3 rings (SSSR count). The van der Waals surface area contributed by atoms with E-state index in [9.17, 15) is 14.9 Å². The fraction of sp³-hybridized carbons (Fsp3) is 0.471. The number of carbonyl (C=O) groups is 1. The van der Waals surface area contributed by atoms with Crippen molar-refractivity contribution in [1.29, 1.82) is 0 Å². The van der Waals surface area contributed by atoms with Crippen molar-refractivity contribution in [3.8, 4) is 11.4 Å². The summed E-state index contributed by atoms with van der Waals surface area (Å²) in [5.41, 5.74) is 0.748. The van der Waals surface area contributed by atoms with Gasteiger partial charge in [-0.05, 0) is 37.8 Å². The number of rotatable bonds is 6. The minimum atomic E-state index is -0.445. The molecule has 0 bridgehead atoms. The second-order valence-corrected chi connectivity index (χ2v) is 7.15. The van der Waals surface area contributed by atoms with Crippen molar-refractivity contribution in [3.63, 3.8) is 0 Å². The van der Waals surface area contributed by atoms with Crippen molar-refractivity contribution in [2.45, 2.75) is 43.4 Å². The summed E-state index contributed by atoms with van der Waals surface area (Å²) in [5, 5.41) is 19.6. The topological polar surface area (TPSA) is 100 Å². The molecule has 0 unspecified atom stereocenters.